The molecule has 0 aliphatic rings. The molecule has 0 aliphatic heterocycles. The number of carbonyl (C=O) groups excluding carboxylic acids is 1. The highest BCUT2D eigenvalue weighted by atomic mass is 32.1. The number of benzene rings is 3. The normalized spacial score (nSPS) is 10.7. The first-order valence-corrected chi connectivity index (χ1v) is 10.6. The summed E-state index contributed by atoms with van der Waals surface area (Å²) >= 11 is 1.22. The van der Waals surface area contributed by atoms with E-state index in [-0.39, 0.29) is 29.3 Å². The van der Waals surface area contributed by atoms with Crippen LogP contribution in [0.15, 0.2) is 66.0 Å². The Bertz CT molecular complexity index is 1290. The first-order valence-electron chi connectivity index (χ1n) is 9.71. The second-order valence-electron chi connectivity index (χ2n) is 6.83. The molecule has 0 fully saturated rings. The van der Waals surface area contributed by atoms with Gasteiger partial charge < -0.3 is 14.8 Å². The highest BCUT2D eigenvalue weighted by Gasteiger charge is 2.16. The molecule has 0 saturated heterocycles. The largest absolute Gasteiger partial charge is 0.493 e. The zero-order chi connectivity index (χ0) is 23.4. The van der Waals surface area contributed by atoms with E-state index in [0.29, 0.717) is 16.3 Å². The Balaban J connectivity index is 1.50. The van der Waals surface area contributed by atoms with Gasteiger partial charge in [0.25, 0.3) is 5.91 Å². The molecular formula is C24H17F3N2O3S. The summed E-state index contributed by atoms with van der Waals surface area (Å²) in [5.41, 5.74) is 0.652. The Morgan fingerprint density at radius 3 is 2.42 bits per heavy atom. The maximum atomic E-state index is 13.8. The maximum absolute atomic E-state index is 13.8. The van der Waals surface area contributed by atoms with Gasteiger partial charge in [0.15, 0.2) is 11.5 Å². The number of hydrogen-bond donors (Lipinski definition) is 1. The number of nitrogens with zero attached hydrogens (tertiary/aromatic N) is 1. The lowest BCUT2D eigenvalue weighted by Gasteiger charge is -2.12. The molecule has 1 amide bonds. The monoisotopic (exact) mass is 470 g/mol. The van der Waals surface area contributed by atoms with Crippen LogP contribution in [0.1, 0.15) is 16.1 Å². The average molecular weight is 470 g/mol. The van der Waals surface area contributed by atoms with Crippen molar-refractivity contribution < 1.29 is 27.4 Å². The molecule has 0 unspecified atom stereocenters. The van der Waals surface area contributed by atoms with E-state index in [0.717, 1.165) is 12.1 Å². The van der Waals surface area contributed by atoms with Crippen molar-refractivity contribution in [3.63, 3.8) is 0 Å². The Morgan fingerprint density at radius 2 is 1.70 bits per heavy atom. The summed E-state index contributed by atoms with van der Waals surface area (Å²) in [6.07, 6.45) is 0. The summed E-state index contributed by atoms with van der Waals surface area (Å²) < 4.78 is 52.4. The number of nitrogens with one attached hydrogen (secondary N) is 1. The van der Waals surface area contributed by atoms with Crippen LogP contribution in [0.4, 0.5) is 18.9 Å². The van der Waals surface area contributed by atoms with Gasteiger partial charge >= 0.3 is 0 Å². The lowest BCUT2D eigenvalue weighted by atomic mass is 10.2. The lowest BCUT2D eigenvalue weighted by molar-refractivity contribution is 0.102. The lowest BCUT2D eigenvalue weighted by Crippen LogP contribution is -2.13. The van der Waals surface area contributed by atoms with Crippen molar-refractivity contribution in [2.45, 2.75) is 6.61 Å². The number of anilines is 1. The molecule has 4 aromatic rings. The molecule has 0 atom stereocenters. The maximum Gasteiger partial charge on any atom is 0.275 e. The quantitative estimate of drug-likeness (QED) is 0.356. The fourth-order valence-corrected chi connectivity index (χ4v) is 3.80. The SMILES string of the molecule is COc1cc(-c2nc(C(=O)Nc3ccccc3F)cs2)ccc1OCc1c(F)cccc1F. The highest BCUT2D eigenvalue weighted by Crippen LogP contribution is 2.34. The molecule has 1 heterocycles. The summed E-state index contributed by atoms with van der Waals surface area (Å²) in [6.45, 7) is -0.314. The third-order valence-corrected chi connectivity index (χ3v) is 5.59. The molecule has 1 aromatic heterocycles. The number of hydrogen-bond acceptors (Lipinski definition) is 5. The van der Waals surface area contributed by atoms with E-state index >= 15 is 0 Å². The van der Waals surface area contributed by atoms with Gasteiger partial charge in [0.1, 0.15) is 34.8 Å². The summed E-state index contributed by atoms with van der Waals surface area (Å²) in [7, 11) is 1.44. The van der Waals surface area contributed by atoms with Crippen LogP contribution in [0.2, 0.25) is 0 Å². The number of ether oxygens (including phenoxy) is 2. The Kier molecular flexibility index (Phi) is 6.60. The molecule has 0 radical (unpaired) electrons. The molecule has 0 saturated carbocycles. The van der Waals surface area contributed by atoms with E-state index in [1.165, 1.54) is 42.7 Å². The third kappa shape index (κ3) is 4.98. The van der Waals surface area contributed by atoms with Crippen LogP contribution in [-0.2, 0) is 6.61 Å². The van der Waals surface area contributed by atoms with Gasteiger partial charge in [0.2, 0.25) is 0 Å². The zero-order valence-corrected chi connectivity index (χ0v) is 18.1. The molecule has 4 rings (SSSR count). The van der Waals surface area contributed by atoms with E-state index in [9.17, 15) is 18.0 Å². The second-order valence-corrected chi connectivity index (χ2v) is 7.68. The van der Waals surface area contributed by atoms with E-state index in [1.807, 2.05) is 0 Å². The molecule has 3 aromatic carbocycles. The number of carbonyl (C=O) groups is 1. The van der Waals surface area contributed by atoms with Gasteiger partial charge in [-0.2, -0.15) is 0 Å². The van der Waals surface area contributed by atoms with E-state index < -0.39 is 23.4 Å². The first kappa shape index (κ1) is 22.3. The van der Waals surface area contributed by atoms with Gasteiger partial charge in [-0.25, -0.2) is 18.2 Å². The van der Waals surface area contributed by atoms with Crippen LogP contribution < -0.4 is 14.8 Å². The summed E-state index contributed by atoms with van der Waals surface area (Å²) in [5, 5.41) is 4.57. The van der Waals surface area contributed by atoms with Gasteiger partial charge in [-0.15, -0.1) is 11.3 Å². The van der Waals surface area contributed by atoms with Gasteiger partial charge in [0, 0.05) is 10.9 Å². The Labute approximate surface area is 191 Å². The second kappa shape index (κ2) is 9.74. The van der Waals surface area contributed by atoms with Crippen molar-refractivity contribution in [2.24, 2.45) is 0 Å². The molecule has 9 heteroatoms. The van der Waals surface area contributed by atoms with Crippen LogP contribution in [0.25, 0.3) is 10.6 Å². The summed E-state index contributed by atoms with van der Waals surface area (Å²) in [4.78, 5) is 16.7. The molecule has 0 spiro atoms. The van der Waals surface area contributed by atoms with Crippen LogP contribution >= 0.6 is 11.3 Å². The van der Waals surface area contributed by atoms with Crippen LogP contribution in [0, 0.1) is 17.5 Å². The molecule has 5 nitrogen and oxygen atoms in total. The van der Waals surface area contributed by atoms with E-state index in [1.54, 1.807) is 29.6 Å². The number of halogens is 3. The van der Waals surface area contributed by atoms with Gasteiger partial charge in [0.05, 0.1) is 18.4 Å². The summed E-state index contributed by atoms with van der Waals surface area (Å²) in [6, 6.07) is 14.4. The Hall–Kier alpha value is -3.85. The molecular weight excluding hydrogens is 453 g/mol. The minimum absolute atomic E-state index is 0.0616. The van der Waals surface area contributed by atoms with Crippen molar-refractivity contribution >= 4 is 22.9 Å². The van der Waals surface area contributed by atoms with Gasteiger partial charge in [-0.3, -0.25) is 4.79 Å². The Morgan fingerprint density at radius 1 is 0.970 bits per heavy atom. The van der Waals surface area contributed by atoms with E-state index in [2.05, 4.69) is 10.3 Å². The highest BCUT2D eigenvalue weighted by molar-refractivity contribution is 7.13. The summed E-state index contributed by atoms with van der Waals surface area (Å²) in [5.74, 6) is -1.86. The average Bonchev–Trinajstić information content (AvgIpc) is 3.31. The standard InChI is InChI=1S/C24H17F3N2O3S/c1-31-22-11-14(9-10-21(22)32-12-15-16(25)6-4-7-17(15)26)24-29-20(13-33-24)23(30)28-19-8-3-2-5-18(19)27/h2-11,13H,12H2,1H3,(H,28,30). The van der Waals surface area contributed by atoms with Crippen molar-refractivity contribution in [3.8, 4) is 22.1 Å². The number of aromatic nitrogens is 1. The number of amides is 1. The number of rotatable bonds is 7. The van der Waals surface area contributed by atoms with Crippen molar-refractivity contribution in [3.05, 3.63) is 94.8 Å². The topological polar surface area (TPSA) is 60.5 Å². The van der Waals surface area contributed by atoms with Crippen LogP contribution in [-0.4, -0.2) is 18.0 Å². The minimum atomic E-state index is -0.699. The fraction of sp³-hybridized carbons (Fsp3) is 0.0833. The van der Waals surface area contributed by atoms with Crippen molar-refractivity contribution in [1.29, 1.82) is 0 Å². The molecule has 1 N–H and O–H groups in total. The fourth-order valence-electron chi connectivity index (χ4n) is 3.00. The molecule has 0 bridgehead atoms. The molecule has 0 aliphatic carbocycles. The smallest absolute Gasteiger partial charge is 0.275 e. The van der Waals surface area contributed by atoms with Gasteiger partial charge in [-0.05, 0) is 42.5 Å². The predicted octanol–water partition coefficient (Wildman–Crippen LogP) is 6.07. The number of para-hydroxylation sites is 1. The van der Waals surface area contributed by atoms with Crippen LogP contribution in [0.3, 0.4) is 0 Å². The zero-order valence-electron chi connectivity index (χ0n) is 17.3. The first-order chi connectivity index (χ1) is 16.0. The van der Waals surface area contributed by atoms with Crippen molar-refractivity contribution in [2.75, 3.05) is 12.4 Å². The number of methoxy groups -OCH3 is 1. The van der Waals surface area contributed by atoms with Gasteiger partial charge in [-0.1, -0.05) is 18.2 Å². The minimum Gasteiger partial charge on any atom is -0.493 e. The predicted molar refractivity (Wildman–Crippen MR) is 119 cm³/mol. The van der Waals surface area contributed by atoms with E-state index in [4.69, 9.17) is 9.47 Å². The third-order valence-electron chi connectivity index (χ3n) is 4.70. The molecule has 168 valence electrons. The van der Waals surface area contributed by atoms with Crippen molar-refractivity contribution in [1.82, 2.24) is 4.98 Å². The number of thiazole rings is 1. The molecule has 33 heavy (non-hydrogen) atoms. The van der Waals surface area contributed by atoms with Crippen LogP contribution in [0.5, 0.6) is 11.5 Å².